The number of nitrogens with zero attached hydrogens (tertiary/aromatic N) is 2. The normalized spacial score (nSPS) is 7.62. The van der Waals surface area contributed by atoms with E-state index >= 15 is 0 Å². The molecule has 0 N–H and O–H groups in total. The quantitative estimate of drug-likeness (QED) is 0.583. The summed E-state index contributed by atoms with van der Waals surface area (Å²) >= 11 is 5.74. The molecule has 1 aromatic carbocycles. The molecule has 2 nitrogen and oxygen atoms in total. The van der Waals surface area contributed by atoms with Crippen LogP contribution in [-0.2, 0) is 0 Å². The molecule has 0 atom stereocenters. The van der Waals surface area contributed by atoms with E-state index in [1.807, 2.05) is 6.07 Å². The first-order valence-electron chi connectivity index (χ1n) is 3.37. The third-order valence-corrected chi connectivity index (χ3v) is 1.66. The minimum atomic E-state index is 0.354. The Morgan fingerprint density at radius 1 is 1.23 bits per heavy atom. The molecule has 0 amide bonds. The zero-order chi connectivity index (χ0) is 9.68. The summed E-state index contributed by atoms with van der Waals surface area (Å²) in [6.07, 6.45) is 0. The second kappa shape index (κ2) is 4.17. The van der Waals surface area contributed by atoms with Crippen molar-refractivity contribution in [3.8, 4) is 24.0 Å². The van der Waals surface area contributed by atoms with Crippen LogP contribution in [-0.4, -0.2) is 0 Å². The lowest BCUT2D eigenvalue weighted by Gasteiger charge is -1.93. The van der Waals surface area contributed by atoms with E-state index in [-0.39, 0.29) is 0 Å². The molecule has 0 unspecified atom stereocenters. The minimum Gasteiger partial charge on any atom is -0.192 e. The smallest absolute Gasteiger partial charge is 0.152 e. The minimum absolute atomic E-state index is 0.354. The van der Waals surface area contributed by atoms with Crippen molar-refractivity contribution in [2.45, 2.75) is 0 Å². The molecule has 0 aliphatic heterocycles. The Morgan fingerprint density at radius 3 is 2.54 bits per heavy atom. The molecule has 0 fully saturated rings. The highest BCUT2D eigenvalue weighted by Crippen LogP contribution is 2.15. The summed E-state index contributed by atoms with van der Waals surface area (Å²) in [4.78, 5) is 0. The third kappa shape index (κ3) is 2.24. The van der Waals surface area contributed by atoms with Gasteiger partial charge in [0.15, 0.2) is 6.07 Å². The Labute approximate surface area is 81.0 Å². The molecular weight excluding hydrogens is 184 g/mol. The van der Waals surface area contributed by atoms with Gasteiger partial charge < -0.3 is 0 Å². The van der Waals surface area contributed by atoms with E-state index < -0.39 is 0 Å². The molecule has 0 saturated heterocycles. The first-order valence-corrected chi connectivity index (χ1v) is 3.75. The third-order valence-electron chi connectivity index (χ3n) is 1.35. The Balaban J connectivity index is 3.13. The molecule has 0 radical (unpaired) electrons. The number of halogens is 1. The lowest BCUT2D eigenvalue weighted by molar-refractivity contribution is 1.48. The largest absolute Gasteiger partial charge is 0.192 e. The van der Waals surface area contributed by atoms with Crippen molar-refractivity contribution in [3.63, 3.8) is 0 Å². The van der Waals surface area contributed by atoms with Gasteiger partial charge in [-0.2, -0.15) is 10.5 Å². The summed E-state index contributed by atoms with van der Waals surface area (Å²) in [5, 5.41) is 17.1. The summed E-state index contributed by atoms with van der Waals surface area (Å²) in [5.74, 6) is 4.82. The molecule has 0 bridgehead atoms. The van der Waals surface area contributed by atoms with Crippen LogP contribution in [0.5, 0.6) is 0 Å². The first kappa shape index (κ1) is 9.14. The van der Waals surface area contributed by atoms with E-state index in [1.165, 1.54) is 0 Å². The number of hydrogen-bond acceptors (Lipinski definition) is 2. The SMILES string of the molecule is N#CC#Cc1ccc(C#N)c(Cl)c1. The van der Waals surface area contributed by atoms with Crippen molar-refractivity contribution in [1.82, 2.24) is 0 Å². The molecule has 0 aromatic heterocycles. The Kier molecular flexibility index (Phi) is 2.93. The van der Waals surface area contributed by atoms with Crippen molar-refractivity contribution in [2.24, 2.45) is 0 Å². The lowest BCUT2D eigenvalue weighted by atomic mass is 10.1. The van der Waals surface area contributed by atoms with Crippen LogP contribution in [0.1, 0.15) is 11.1 Å². The van der Waals surface area contributed by atoms with Crippen LogP contribution < -0.4 is 0 Å². The van der Waals surface area contributed by atoms with Gasteiger partial charge in [0, 0.05) is 11.5 Å². The van der Waals surface area contributed by atoms with Crippen molar-refractivity contribution in [2.75, 3.05) is 0 Å². The predicted molar refractivity (Wildman–Crippen MR) is 48.7 cm³/mol. The number of nitriles is 2. The highest BCUT2D eigenvalue weighted by Gasteiger charge is 1.98. The van der Waals surface area contributed by atoms with Crippen LogP contribution in [0.3, 0.4) is 0 Å². The highest BCUT2D eigenvalue weighted by atomic mass is 35.5. The molecule has 0 heterocycles. The van der Waals surface area contributed by atoms with Gasteiger partial charge in [0.2, 0.25) is 0 Å². The Bertz CT molecular complexity index is 466. The van der Waals surface area contributed by atoms with Gasteiger partial charge in [-0.15, -0.1) is 0 Å². The number of benzene rings is 1. The summed E-state index contributed by atoms with van der Waals surface area (Å²) < 4.78 is 0. The van der Waals surface area contributed by atoms with E-state index in [0.29, 0.717) is 16.1 Å². The maximum Gasteiger partial charge on any atom is 0.152 e. The van der Waals surface area contributed by atoms with Crippen LogP contribution in [0.4, 0.5) is 0 Å². The summed E-state index contributed by atoms with van der Waals surface area (Å²) in [6, 6.07) is 8.41. The van der Waals surface area contributed by atoms with Gasteiger partial charge in [-0.1, -0.05) is 17.5 Å². The standard InChI is InChI=1S/C10H3ClN2/c11-10-6-8(2-1-5-12)3-4-9(10)7-13/h3-4,6H. The molecule has 0 spiro atoms. The Morgan fingerprint density at radius 2 is 2.00 bits per heavy atom. The van der Waals surface area contributed by atoms with Gasteiger partial charge in [-0.25, -0.2) is 0 Å². The average Bonchev–Trinajstić information content (AvgIpc) is 2.15. The molecule has 3 heteroatoms. The van der Waals surface area contributed by atoms with Gasteiger partial charge in [0.05, 0.1) is 10.6 Å². The molecule has 0 saturated carbocycles. The summed E-state index contributed by atoms with van der Waals surface area (Å²) in [7, 11) is 0. The molecule has 60 valence electrons. The molecule has 1 aromatic rings. The average molecular weight is 187 g/mol. The second-order valence-corrected chi connectivity index (χ2v) is 2.58. The zero-order valence-corrected chi connectivity index (χ0v) is 7.26. The van der Waals surface area contributed by atoms with Crippen LogP contribution in [0.15, 0.2) is 18.2 Å². The van der Waals surface area contributed by atoms with Gasteiger partial charge in [0.25, 0.3) is 0 Å². The monoisotopic (exact) mass is 186 g/mol. The van der Waals surface area contributed by atoms with Crippen LogP contribution >= 0.6 is 11.6 Å². The summed E-state index contributed by atoms with van der Waals surface area (Å²) in [5.41, 5.74) is 1.04. The summed E-state index contributed by atoms with van der Waals surface area (Å²) in [6.45, 7) is 0. The fraction of sp³-hybridized carbons (Fsp3) is 0. The number of rotatable bonds is 0. The maximum absolute atomic E-state index is 8.56. The molecule has 0 aliphatic rings. The van der Waals surface area contributed by atoms with Gasteiger partial charge in [-0.3, -0.25) is 0 Å². The van der Waals surface area contributed by atoms with Gasteiger partial charge in [0.1, 0.15) is 6.07 Å². The first-order chi connectivity index (χ1) is 6.27. The molecule has 1 rings (SSSR count). The van der Waals surface area contributed by atoms with Crippen molar-refractivity contribution < 1.29 is 0 Å². The van der Waals surface area contributed by atoms with Crippen molar-refractivity contribution in [1.29, 1.82) is 10.5 Å². The van der Waals surface area contributed by atoms with E-state index in [2.05, 4.69) is 11.8 Å². The van der Waals surface area contributed by atoms with E-state index in [0.717, 1.165) is 0 Å². The lowest BCUT2D eigenvalue weighted by Crippen LogP contribution is -1.79. The Hall–Kier alpha value is -1.95. The molecule has 0 aliphatic carbocycles. The van der Waals surface area contributed by atoms with Crippen LogP contribution in [0.2, 0.25) is 5.02 Å². The fourth-order valence-electron chi connectivity index (χ4n) is 0.784. The highest BCUT2D eigenvalue weighted by molar-refractivity contribution is 6.31. The van der Waals surface area contributed by atoms with E-state index in [1.54, 1.807) is 24.3 Å². The molecule has 13 heavy (non-hydrogen) atoms. The van der Waals surface area contributed by atoms with E-state index in [4.69, 9.17) is 22.1 Å². The fourth-order valence-corrected chi connectivity index (χ4v) is 1.01. The molecular formula is C10H3ClN2. The topological polar surface area (TPSA) is 47.6 Å². The van der Waals surface area contributed by atoms with Crippen LogP contribution in [0, 0.1) is 34.5 Å². The van der Waals surface area contributed by atoms with Gasteiger partial charge >= 0.3 is 0 Å². The second-order valence-electron chi connectivity index (χ2n) is 2.17. The van der Waals surface area contributed by atoms with Crippen LogP contribution in [0.25, 0.3) is 0 Å². The number of hydrogen-bond donors (Lipinski definition) is 0. The maximum atomic E-state index is 8.56. The predicted octanol–water partition coefficient (Wildman–Crippen LogP) is 2.09. The van der Waals surface area contributed by atoms with Crippen molar-refractivity contribution in [3.05, 3.63) is 34.3 Å². The van der Waals surface area contributed by atoms with Gasteiger partial charge in [-0.05, 0) is 18.2 Å². The van der Waals surface area contributed by atoms with Crippen molar-refractivity contribution >= 4 is 11.6 Å². The zero-order valence-electron chi connectivity index (χ0n) is 6.50. The van der Waals surface area contributed by atoms with E-state index in [9.17, 15) is 0 Å².